The Labute approximate surface area is 150 Å². The van der Waals surface area contributed by atoms with Crippen molar-refractivity contribution in [3.63, 3.8) is 0 Å². The Hall–Kier alpha value is -2.39. The third kappa shape index (κ3) is 5.04. The normalized spacial score (nSPS) is 15.0. The van der Waals surface area contributed by atoms with E-state index in [1.165, 1.54) is 16.7 Å². The molecule has 130 valence electrons. The summed E-state index contributed by atoms with van der Waals surface area (Å²) in [5, 5.41) is 7.82. The van der Waals surface area contributed by atoms with E-state index in [1.54, 1.807) is 0 Å². The van der Waals surface area contributed by atoms with Crippen molar-refractivity contribution >= 4 is 12.0 Å². The molecule has 2 aromatic rings. The number of hydrogen-bond donors (Lipinski definition) is 1. The SMILES string of the molecule is CCOC(=N)c1ccc(C=C2CCN(Cc3ccccc3)CC2)cc1. The predicted molar refractivity (Wildman–Crippen MR) is 104 cm³/mol. The number of nitrogens with zero attached hydrogens (tertiary/aromatic N) is 1. The highest BCUT2D eigenvalue weighted by Gasteiger charge is 2.14. The van der Waals surface area contributed by atoms with Crippen LogP contribution in [0.4, 0.5) is 0 Å². The molecule has 0 saturated carbocycles. The molecule has 0 atom stereocenters. The first kappa shape index (κ1) is 17.4. The highest BCUT2D eigenvalue weighted by molar-refractivity contribution is 5.91. The lowest BCUT2D eigenvalue weighted by Crippen LogP contribution is -2.30. The van der Waals surface area contributed by atoms with Crippen LogP contribution in [0.5, 0.6) is 0 Å². The van der Waals surface area contributed by atoms with Gasteiger partial charge >= 0.3 is 0 Å². The Kier molecular flexibility index (Phi) is 6.02. The van der Waals surface area contributed by atoms with Crippen molar-refractivity contribution in [3.05, 3.63) is 76.9 Å². The second-order valence-electron chi connectivity index (χ2n) is 6.45. The molecule has 1 fully saturated rings. The first-order chi connectivity index (χ1) is 12.2. The standard InChI is InChI=1S/C22H26N2O/c1-2-25-22(23)21-10-8-18(9-11-21)16-19-12-14-24(15-13-19)17-20-6-4-3-5-7-20/h3-11,16,23H,2,12-15,17H2,1H3. The first-order valence-electron chi connectivity index (χ1n) is 9.02. The molecule has 25 heavy (non-hydrogen) atoms. The van der Waals surface area contributed by atoms with Gasteiger partial charge in [-0.1, -0.05) is 54.1 Å². The summed E-state index contributed by atoms with van der Waals surface area (Å²) >= 11 is 0. The zero-order chi connectivity index (χ0) is 17.5. The van der Waals surface area contributed by atoms with Gasteiger partial charge in [0.15, 0.2) is 0 Å². The summed E-state index contributed by atoms with van der Waals surface area (Å²) in [5.41, 5.74) is 4.94. The average molecular weight is 334 g/mol. The Balaban J connectivity index is 1.54. The van der Waals surface area contributed by atoms with Gasteiger partial charge in [-0.2, -0.15) is 0 Å². The van der Waals surface area contributed by atoms with E-state index in [1.807, 2.05) is 19.1 Å². The van der Waals surface area contributed by atoms with Crippen LogP contribution < -0.4 is 0 Å². The second-order valence-corrected chi connectivity index (χ2v) is 6.45. The van der Waals surface area contributed by atoms with E-state index in [2.05, 4.69) is 53.4 Å². The fourth-order valence-corrected chi connectivity index (χ4v) is 3.18. The van der Waals surface area contributed by atoms with E-state index >= 15 is 0 Å². The quantitative estimate of drug-likeness (QED) is 0.634. The molecule has 3 heteroatoms. The molecule has 0 aromatic heterocycles. The largest absolute Gasteiger partial charge is 0.478 e. The lowest BCUT2D eigenvalue weighted by molar-refractivity contribution is 0.249. The minimum atomic E-state index is 0.246. The molecule has 1 aliphatic rings. The fraction of sp³-hybridized carbons (Fsp3) is 0.318. The van der Waals surface area contributed by atoms with Crippen LogP contribution in [0, 0.1) is 5.41 Å². The van der Waals surface area contributed by atoms with Crippen molar-refractivity contribution in [2.24, 2.45) is 0 Å². The van der Waals surface area contributed by atoms with Crippen molar-refractivity contribution in [2.45, 2.75) is 26.3 Å². The van der Waals surface area contributed by atoms with Crippen LogP contribution in [0.3, 0.4) is 0 Å². The van der Waals surface area contributed by atoms with Crippen LogP contribution in [0.2, 0.25) is 0 Å². The molecule has 3 rings (SSSR count). The second kappa shape index (κ2) is 8.63. The lowest BCUT2D eigenvalue weighted by atomic mass is 10.00. The smallest absolute Gasteiger partial charge is 0.213 e. The van der Waals surface area contributed by atoms with E-state index in [-0.39, 0.29) is 5.90 Å². The monoisotopic (exact) mass is 334 g/mol. The van der Waals surface area contributed by atoms with Crippen molar-refractivity contribution in [1.29, 1.82) is 5.41 Å². The van der Waals surface area contributed by atoms with Crippen LogP contribution in [0.15, 0.2) is 60.2 Å². The van der Waals surface area contributed by atoms with Crippen LogP contribution >= 0.6 is 0 Å². The number of nitrogens with one attached hydrogen (secondary N) is 1. The van der Waals surface area contributed by atoms with Gasteiger partial charge in [-0.25, -0.2) is 0 Å². The van der Waals surface area contributed by atoms with E-state index in [9.17, 15) is 0 Å². The van der Waals surface area contributed by atoms with E-state index in [0.29, 0.717) is 6.61 Å². The number of benzene rings is 2. The Morgan fingerprint density at radius 2 is 1.72 bits per heavy atom. The number of rotatable bonds is 5. The Bertz CT molecular complexity index is 709. The van der Waals surface area contributed by atoms with Gasteiger partial charge in [-0.05, 0) is 43.0 Å². The Morgan fingerprint density at radius 1 is 1.04 bits per heavy atom. The molecular weight excluding hydrogens is 308 g/mol. The van der Waals surface area contributed by atoms with E-state index < -0.39 is 0 Å². The zero-order valence-electron chi connectivity index (χ0n) is 14.9. The molecule has 1 N–H and O–H groups in total. The molecule has 0 aliphatic carbocycles. The molecule has 0 bridgehead atoms. The summed E-state index contributed by atoms with van der Waals surface area (Å²) in [4.78, 5) is 2.53. The molecule has 3 nitrogen and oxygen atoms in total. The van der Waals surface area contributed by atoms with E-state index in [0.717, 1.165) is 38.0 Å². The summed E-state index contributed by atoms with van der Waals surface area (Å²) in [6.07, 6.45) is 4.56. The fourth-order valence-electron chi connectivity index (χ4n) is 3.18. The molecule has 0 spiro atoms. The average Bonchev–Trinajstić information content (AvgIpc) is 2.65. The van der Waals surface area contributed by atoms with Gasteiger partial charge in [0.25, 0.3) is 0 Å². The molecule has 1 saturated heterocycles. The summed E-state index contributed by atoms with van der Waals surface area (Å²) in [7, 11) is 0. The lowest BCUT2D eigenvalue weighted by Gasteiger charge is -2.28. The van der Waals surface area contributed by atoms with Crippen molar-refractivity contribution < 1.29 is 4.74 Å². The van der Waals surface area contributed by atoms with Crippen molar-refractivity contribution in [1.82, 2.24) is 4.90 Å². The minimum Gasteiger partial charge on any atom is -0.478 e. The highest BCUT2D eigenvalue weighted by atomic mass is 16.5. The first-order valence-corrected chi connectivity index (χ1v) is 9.02. The molecule has 0 amide bonds. The predicted octanol–water partition coefficient (Wildman–Crippen LogP) is 4.73. The highest BCUT2D eigenvalue weighted by Crippen LogP contribution is 2.21. The minimum absolute atomic E-state index is 0.246. The number of piperidine rings is 1. The van der Waals surface area contributed by atoms with Gasteiger partial charge < -0.3 is 4.74 Å². The topological polar surface area (TPSA) is 36.3 Å². The maximum atomic E-state index is 7.82. The van der Waals surface area contributed by atoms with Crippen LogP contribution in [-0.4, -0.2) is 30.5 Å². The van der Waals surface area contributed by atoms with Gasteiger partial charge in [0.05, 0.1) is 6.61 Å². The van der Waals surface area contributed by atoms with Crippen LogP contribution in [-0.2, 0) is 11.3 Å². The van der Waals surface area contributed by atoms with Crippen molar-refractivity contribution in [2.75, 3.05) is 19.7 Å². The van der Waals surface area contributed by atoms with Gasteiger partial charge in [-0.3, -0.25) is 10.3 Å². The summed E-state index contributed by atoms with van der Waals surface area (Å²) in [6, 6.07) is 18.8. The molecule has 1 heterocycles. The van der Waals surface area contributed by atoms with Gasteiger partial charge in [-0.15, -0.1) is 0 Å². The molecule has 1 aliphatic heterocycles. The number of likely N-dealkylation sites (tertiary alicyclic amines) is 1. The Morgan fingerprint density at radius 3 is 2.36 bits per heavy atom. The maximum absolute atomic E-state index is 7.82. The summed E-state index contributed by atoms with van der Waals surface area (Å²) in [6.45, 7) is 5.71. The molecule has 0 unspecified atom stereocenters. The van der Waals surface area contributed by atoms with Crippen LogP contribution in [0.1, 0.15) is 36.5 Å². The van der Waals surface area contributed by atoms with Gasteiger partial charge in [0.1, 0.15) is 0 Å². The maximum Gasteiger partial charge on any atom is 0.213 e. The van der Waals surface area contributed by atoms with Gasteiger partial charge in [0.2, 0.25) is 5.90 Å². The zero-order valence-corrected chi connectivity index (χ0v) is 14.9. The number of hydrogen-bond acceptors (Lipinski definition) is 3. The van der Waals surface area contributed by atoms with Crippen LogP contribution in [0.25, 0.3) is 6.08 Å². The van der Waals surface area contributed by atoms with E-state index in [4.69, 9.17) is 10.1 Å². The van der Waals surface area contributed by atoms with Gasteiger partial charge in [0, 0.05) is 25.2 Å². The van der Waals surface area contributed by atoms with Crippen molar-refractivity contribution in [3.8, 4) is 0 Å². The third-order valence-corrected chi connectivity index (χ3v) is 4.58. The molecule has 0 radical (unpaired) electrons. The third-order valence-electron chi connectivity index (χ3n) is 4.58. The molecular formula is C22H26N2O. The molecule has 2 aromatic carbocycles. The number of ether oxygens (including phenoxy) is 1. The summed E-state index contributed by atoms with van der Waals surface area (Å²) < 4.78 is 5.24. The summed E-state index contributed by atoms with van der Waals surface area (Å²) in [5.74, 6) is 0.246.